The summed E-state index contributed by atoms with van der Waals surface area (Å²) >= 11 is 0. The molecule has 26 heavy (non-hydrogen) atoms. The second-order valence-electron chi connectivity index (χ2n) is 5.62. The van der Waals surface area contributed by atoms with Crippen LogP contribution in [-0.4, -0.2) is 41.1 Å². The first-order valence-corrected chi connectivity index (χ1v) is 7.75. The number of methoxy groups -OCH3 is 1. The number of hydrogen-bond acceptors (Lipinski definition) is 6. The van der Waals surface area contributed by atoms with Gasteiger partial charge in [0.05, 0.1) is 28.7 Å². The SMILES string of the molecule is COc1ccc([N+](=O)[O-])c(C(=O)CCN2C(=O)c3ccccc3C2=O)c1. The molecular formula is C18H14N2O6. The summed E-state index contributed by atoms with van der Waals surface area (Å²) in [6.45, 7) is -0.153. The highest BCUT2D eigenvalue weighted by Gasteiger charge is 2.35. The van der Waals surface area contributed by atoms with E-state index in [1.54, 1.807) is 24.3 Å². The molecule has 8 nitrogen and oxygen atoms in total. The molecule has 1 aliphatic rings. The Morgan fingerprint density at radius 3 is 2.27 bits per heavy atom. The van der Waals surface area contributed by atoms with Crippen LogP contribution in [0.2, 0.25) is 0 Å². The van der Waals surface area contributed by atoms with Crippen molar-refractivity contribution in [2.45, 2.75) is 6.42 Å². The van der Waals surface area contributed by atoms with Gasteiger partial charge in [-0.2, -0.15) is 0 Å². The van der Waals surface area contributed by atoms with Gasteiger partial charge in [0.2, 0.25) is 0 Å². The van der Waals surface area contributed by atoms with E-state index >= 15 is 0 Å². The molecule has 0 fully saturated rings. The number of hydrogen-bond donors (Lipinski definition) is 0. The molecule has 2 amide bonds. The van der Waals surface area contributed by atoms with Crippen molar-refractivity contribution >= 4 is 23.3 Å². The highest BCUT2D eigenvalue weighted by Crippen LogP contribution is 2.26. The number of rotatable bonds is 6. The summed E-state index contributed by atoms with van der Waals surface area (Å²) in [5.41, 5.74) is 0.110. The van der Waals surface area contributed by atoms with Crippen molar-refractivity contribution in [3.8, 4) is 5.75 Å². The van der Waals surface area contributed by atoms with Crippen LogP contribution >= 0.6 is 0 Å². The summed E-state index contributed by atoms with van der Waals surface area (Å²) in [5, 5.41) is 11.1. The van der Waals surface area contributed by atoms with Crippen LogP contribution in [0.5, 0.6) is 5.75 Å². The third kappa shape index (κ3) is 2.92. The molecular weight excluding hydrogens is 340 g/mol. The molecule has 1 aliphatic heterocycles. The van der Waals surface area contributed by atoms with Crippen LogP contribution in [0.15, 0.2) is 42.5 Å². The number of carbonyl (C=O) groups excluding carboxylic acids is 3. The summed E-state index contributed by atoms with van der Waals surface area (Å²) in [5.74, 6) is -1.19. The van der Waals surface area contributed by atoms with Crippen LogP contribution in [0.25, 0.3) is 0 Å². The Balaban J connectivity index is 1.79. The van der Waals surface area contributed by atoms with Gasteiger partial charge >= 0.3 is 0 Å². The van der Waals surface area contributed by atoms with E-state index < -0.39 is 22.5 Å². The third-order valence-electron chi connectivity index (χ3n) is 4.14. The van der Waals surface area contributed by atoms with Gasteiger partial charge in [-0.3, -0.25) is 29.4 Å². The maximum absolute atomic E-state index is 12.5. The molecule has 0 bridgehead atoms. The molecule has 132 valence electrons. The molecule has 0 N–H and O–H groups in total. The molecule has 0 saturated heterocycles. The maximum Gasteiger partial charge on any atom is 0.280 e. The quantitative estimate of drug-likeness (QED) is 0.341. The van der Waals surface area contributed by atoms with E-state index in [9.17, 15) is 24.5 Å². The Morgan fingerprint density at radius 1 is 1.12 bits per heavy atom. The molecule has 0 saturated carbocycles. The summed E-state index contributed by atoms with van der Waals surface area (Å²) in [7, 11) is 1.38. The van der Waals surface area contributed by atoms with Gasteiger partial charge in [0.25, 0.3) is 17.5 Å². The zero-order valence-corrected chi connectivity index (χ0v) is 13.8. The van der Waals surface area contributed by atoms with Gasteiger partial charge in [0.1, 0.15) is 5.75 Å². The van der Waals surface area contributed by atoms with Gasteiger partial charge in [-0.25, -0.2) is 0 Å². The average molecular weight is 354 g/mol. The molecule has 1 heterocycles. The Labute approximate surface area is 148 Å². The number of ether oxygens (including phenoxy) is 1. The van der Waals surface area contributed by atoms with Crippen molar-refractivity contribution in [2.24, 2.45) is 0 Å². The molecule has 0 radical (unpaired) electrons. The number of imide groups is 1. The van der Waals surface area contributed by atoms with E-state index in [2.05, 4.69) is 0 Å². The van der Waals surface area contributed by atoms with Crippen LogP contribution in [0.3, 0.4) is 0 Å². The molecule has 0 aliphatic carbocycles. The smallest absolute Gasteiger partial charge is 0.280 e. The standard InChI is InChI=1S/C18H14N2O6/c1-26-11-6-7-15(20(24)25)14(10-11)16(21)8-9-19-17(22)12-4-2-3-5-13(12)18(19)23/h2-7,10H,8-9H2,1H3. The largest absolute Gasteiger partial charge is 0.497 e. The minimum atomic E-state index is -0.658. The fourth-order valence-corrected chi connectivity index (χ4v) is 2.81. The van der Waals surface area contributed by atoms with Crippen molar-refractivity contribution in [1.82, 2.24) is 4.90 Å². The maximum atomic E-state index is 12.5. The summed E-state index contributed by atoms with van der Waals surface area (Å²) < 4.78 is 5.00. The van der Waals surface area contributed by atoms with Crippen LogP contribution in [0.4, 0.5) is 5.69 Å². The minimum Gasteiger partial charge on any atom is -0.497 e. The fourth-order valence-electron chi connectivity index (χ4n) is 2.81. The van der Waals surface area contributed by atoms with Crippen molar-refractivity contribution in [3.05, 3.63) is 69.3 Å². The molecule has 2 aromatic carbocycles. The first-order valence-electron chi connectivity index (χ1n) is 7.75. The van der Waals surface area contributed by atoms with E-state index in [1.807, 2.05) is 0 Å². The predicted molar refractivity (Wildman–Crippen MR) is 90.4 cm³/mol. The van der Waals surface area contributed by atoms with Gasteiger partial charge in [0.15, 0.2) is 5.78 Å². The molecule has 2 aromatic rings. The molecule has 0 spiro atoms. The Hall–Kier alpha value is -3.55. The van der Waals surface area contributed by atoms with Crippen molar-refractivity contribution in [1.29, 1.82) is 0 Å². The molecule has 8 heteroatoms. The fraction of sp³-hybridized carbons (Fsp3) is 0.167. The predicted octanol–water partition coefficient (Wildman–Crippen LogP) is 2.47. The molecule has 3 rings (SSSR count). The molecule has 0 aromatic heterocycles. The molecule has 0 atom stereocenters. The summed E-state index contributed by atoms with van der Waals surface area (Å²) in [6.07, 6.45) is -0.223. The number of fused-ring (bicyclic) bond motifs is 1. The lowest BCUT2D eigenvalue weighted by Crippen LogP contribution is -2.32. The van der Waals surface area contributed by atoms with Crippen molar-refractivity contribution < 1.29 is 24.0 Å². The average Bonchev–Trinajstić information content (AvgIpc) is 2.90. The van der Waals surface area contributed by atoms with Crippen LogP contribution in [-0.2, 0) is 0 Å². The van der Waals surface area contributed by atoms with E-state index in [0.29, 0.717) is 5.75 Å². The Bertz CT molecular complexity index is 902. The lowest BCUT2D eigenvalue weighted by molar-refractivity contribution is -0.385. The third-order valence-corrected chi connectivity index (χ3v) is 4.14. The van der Waals surface area contributed by atoms with Crippen LogP contribution < -0.4 is 4.74 Å². The number of Topliss-reactive ketones (excluding diaryl/α,β-unsaturated/α-hetero) is 1. The number of ketones is 1. The minimum absolute atomic E-state index is 0.119. The van der Waals surface area contributed by atoms with Gasteiger partial charge in [-0.1, -0.05) is 12.1 Å². The van der Waals surface area contributed by atoms with Gasteiger partial charge in [0, 0.05) is 19.0 Å². The zero-order chi connectivity index (χ0) is 18.8. The molecule has 0 unspecified atom stereocenters. The number of benzene rings is 2. The zero-order valence-electron chi connectivity index (χ0n) is 13.8. The van der Waals surface area contributed by atoms with Crippen molar-refractivity contribution in [2.75, 3.05) is 13.7 Å². The van der Waals surface area contributed by atoms with Crippen molar-refractivity contribution in [3.63, 3.8) is 0 Å². The normalized spacial score (nSPS) is 12.9. The Morgan fingerprint density at radius 2 is 1.73 bits per heavy atom. The van der Waals surface area contributed by atoms with Gasteiger partial charge < -0.3 is 4.74 Å². The number of amides is 2. The first kappa shape index (κ1) is 17.3. The highest BCUT2D eigenvalue weighted by molar-refractivity contribution is 6.21. The lowest BCUT2D eigenvalue weighted by Gasteiger charge is -2.13. The van der Waals surface area contributed by atoms with Gasteiger partial charge in [-0.05, 0) is 24.3 Å². The number of nitrogens with zero attached hydrogens (tertiary/aromatic N) is 2. The first-order chi connectivity index (χ1) is 12.4. The van der Waals surface area contributed by atoms with Crippen LogP contribution in [0, 0.1) is 10.1 Å². The Kier molecular flexibility index (Phi) is 4.49. The highest BCUT2D eigenvalue weighted by atomic mass is 16.6. The lowest BCUT2D eigenvalue weighted by atomic mass is 10.1. The number of nitro groups is 1. The van der Waals surface area contributed by atoms with Crippen LogP contribution in [0.1, 0.15) is 37.5 Å². The van der Waals surface area contributed by atoms with E-state index in [4.69, 9.17) is 4.74 Å². The van der Waals surface area contributed by atoms with E-state index in [-0.39, 0.29) is 35.3 Å². The number of carbonyl (C=O) groups is 3. The monoisotopic (exact) mass is 354 g/mol. The van der Waals surface area contributed by atoms with Gasteiger partial charge in [-0.15, -0.1) is 0 Å². The number of nitro benzene ring substituents is 1. The van der Waals surface area contributed by atoms with E-state index in [0.717, 1.165) is 4.90 Å². The second kappa shape index (κ2) is 6.75. The topological polar surface area (TPSA) is 107 Å². The summed E-state index contributed by atoms with van der Waals surface area (Å²) in [6, 6.07) is 10.3. The summed E-state index contributed by atoms with van der Waals surface area (Å²) in [4.78, 5) is 48.5. The van der Waals surface area contributed by atoms with E-state index in [1.165, 1.54) is 25.3 Å². The second-order valence-corrected chi connectivity index (χ2v) is 5.62.